The van der Waals surface area contributed by atoms with Crippen LogP contribution in [0.5, 0.6) is 0 Å². The van der Waals surface area contributed by atoms with Gasteiger partial charge in [0.15, 0.2) is 17.0 Å². The number of imidazole rings is 1. The summed E-state index contributed by atoms with van der Waals surface area (Å²) in [5.41, 5.74) is 2.39. The number of halogens is 3. The molecule has 0 unspecified atom stereocenters. The molecule has 1 aliphatic carbocycles. The average Bonchev–Trinajstić information content (AvgIpc) is 3.18. The first kappa shape index (κ1) is 14.4. The second kappa shape index (κ2) is 5.47. The number of hydrogen-bond acceptors (Lipinski definition) is 4. The summed E-state index contributed by atoms with van der Waals surface area (Å²) < 4.78 is 4.00. The minimum absolute atomic E-state index is 0.214. The molecule has 3 aromatic rings. The highest BCUT2D eigenvalue weighted by Crippen LogP contribution is 2.38. The number of rotatable bonds is 3. The van der Waals surface area contributed by atoms with Crippen LogP contribution < -0.4 is 5.32 Å². The van der Waals surface area contributed by atoms with Gasteiger partial charge in [0.2, 0.25) is 5.28 Å². The minimum atomic E-state index is 0.214. The van der Waals surface area contributed by atoms with Crippen molar-refractivity contribution >= 4 is 66.1 Å². The standard InChI is InChI=1S/C14H10Br2ClN5/c15-7-3-8(16)5-9(4-7)19-12-11-13(21-14(17)20-12)22(6-18-11)10-1-2-10/h3-6,10H,1-2H2,(H,19,20,21). The van der Waals surface area contributed by atoms with E-state index >= 15 is 0 Å². The Balaban J connectivity index is 1.80. The highest BCUT2D eigenvalue weighted by molar-refractivity contribution is 9.11. The van der Waals surface area contributed by atoms with Gasteiger partial charge in [-0.3, -0.25) is 0 Å². The SMILES string of the molecule is Clc1nc(Nc2cc(Br)cc(Br)c2)c2ncn(C3CC3)c2n1. The van der Waals surface area contributed by atoms with Gasteiger partial charge in [-0.15, -0.1) is 0 Å². The molecule has 1 aliphatic rings. The highest BCUT2D eigenvalue weighted by Gasteiger charge is 2.26. The number of nitrogens with one attached hydrogen (secondary N) is 1. The predicted molar refractivity (Wildman–Crippen MR) is 93.7 cm³/mol. The van der Waals surface area contributed by atoms with E-state index < -0.39 is 0 Å². The maximum absolute atomic E-state index is 6.08. The van der Waals surface area contributed by atoms with E-state index in [2.05, 4.69) is 56.7 Å². The van der Waals surface area contributed by atoms with Crippen molar-refractivity contribution in [2.45, 2.75) is 18.9 Å². The van der Waals surface area contributed by atoms with Crippen molar-refractivity contribution in [3.63, 3.8) is 0 Å². The summed E-state index contributed by atoms with van der Waals surface area (Å²) in [6.45, 7) is 0. The lowest BCUT2D eigenvalue weighted by atomic mass is 10.3. The third kappa shape index (κ3) is 2.73. The molecule has 0 radical (unpaired) electrons. The van der Waals surface area contributed by atoms with Gasteiger partial charge < -0.3 is 9.88 Å². The van der Waals surface area contributed by atoms with Crippen molar-refractivity contribution in [3.05, 3.63) is 38.8 Å². The highest BCUT2D eigenvalue weighted by atomic mass is 79.9. The van der Waals surface area contributed by atoms with Crippen LogP contribution in [0.4, 0.5) is 11.5 Å². The summed E-state index contributed by atoms with van der Waals surface area (Å²) in [7, 11) is 0. The van der Waals surface area contributed by atoms with E-state index in [1.807, 2.05) is 24.5 Å². The van der Waals surface area contributed by atoms with Crippen LogP contribution in [0, 0.1) is 0 Å². The van der Waals surface area contributed by atoms with E-state index in [9.17, 15) is 0 Å². The molecule has 0 amide bonds. The summed E-state index contributed by atoms with van der Waals surface area (Å²) >= 11 is 13.0. The van der Waals surface area contributed by atoms with Crippen molar-refractivity contribution in [2.24, 2.45) is 0 Å². The van der Waals surface area contributed by atoms with E-state index in [4.69, 9.17) is 11.6 Å². The molecule has 4 rings (SSSR count). The first-order chi connectivity index (χ1) is 10.6. The van der Waals surface area contributed by atoms with E-state index in [1.165, 1.54) is 0 Å². The lowest BCUT2D eigenvalue weighted by Gasteiger charge is -2.08. The normalized spacial score (nSPS) is 14.5. The van der Waals surface area contributed by atoms with Crippen LogP contribution >= 0.6 is 43.5 Å². The van der Waals surface area contributed by atoms with Gasteiger partial charge in [0, 0.05) is 20.7 Å². The Morgan fingerprint density at radius 3 is 2.55 bits per heavy atom. The summed E-state index contributed by atoms with van der Waals surface area (Å²) in [6, 6.07) is 6.38. The van der Waals surface area contributed by atoms with E-state index in [0.29, 0.717) is 11.9 Å². The minimum Gasteiger partial charge on any atom is -0.338 e. The zero-order valence-electron chi connectivity index (χ0n) is 11.2. The Labute approximate surface area is 148 Å². The Bertz CT molecular complexity index is 855. The number of benzene rings is 1. The van der Waals surface area contributed by atoms with Crippen LogP contribution in [0.3, 0.4) is 0 Å². The van der Waals surface area contributed by atoms with Gasteiger partial charge in [-0.25, -0.2) is 4.98 Å². The van der Waals surface area contributed by atoms with Crippen LogP contribution in [0.2, 0.25) is 5.28 Å². The molecular formula is C14H10Br2ClN5. The van der Waals surface area contributed by atoms with Crippen LogP contribution in [-0.2, 0) is 0 Å². The van der Waals surface area contributed by atoms with Gasteiger partial charge in [0.25, 0.3) is 0 Å². The topological polar surface area (TPSA) is 55.6 Å². The Morgan fingerprint density at radius 2 is 1.86 bits per heavy atom. The summed E-state index contributed by atoms with van der Waals surface area (Å²) in [5, 5.41) is 3.48. The fourth-order valence-electron chi connectivity index (χ4n) is 2.36. The van der Waals surface area contributed by atoms with Crippen LogP contribution in [-0.4, -0.2) is 19.5 Å². The number of anilines is 2. The third-order valence-corrected chi connectivity index (χ3v) is 4.54. The lowest BCUT2D eigenvalue weighted by Crippen LogP contribution is -1.99. The fourth-order valence-corrected chi connectivity index (χ4v) is 3.82. The Kier molecular flexibility index (Phi) is 3.58. The molecule has 1 aromatic carbocycles. The number of nitrogens with zero attached hydrogens (tertiary/aromatic N) is 4. The molecule has 8 heteroatoms. The zero-order valence-corrected chi connectivity index (χ0v) is 15.2. The van der Waals surface area contributed by atoms with Crippen molar-refractivity contribution in [1.29, 1.82) is 0 Å². The molecule has 2 heterocycles. The van der Waals surface area contributed by atoms with Gasteiger partial charge in [0.05, 0.1) is 6.33 Å². The molecule has 0 saturated heterocycles. The van der Waals surface area contributed by atoms with Crippen molar-refractivity contribution in [1.82, 2.24) is 19.5 Å². The van der Waals surface area contributed by atoms with Gasteiger partial charge in [0.1, 0.15) is 0 Å². The van der Waals surface area contributed by atoms with E-state index in [-0.39, 0.29) is 5.28 Å². The first-order valence-corrected chi connectivity index (χ1v) is 8.70. The molecule has 1 fully saturated rings. The van der Waals surface area contributed by atoms with Crippen molar-refractivity contribution in [3.8, 4) is 0 Å². The second-order valence-electron chi connectivity index (χ2n) is 5.18. The quantitative estimate of drug-likeness (QED) is 0.574. The molecule has 0 spiro atoms. The molecule has 5 nitrogen and oxygen atoms in total. The van der Waals surface area contributed by atoms with E-state index in [1.54, 1.807) is 0 Å². The van der Waals surface area contributed by atoms with Gasteiger partial charge >= 0.3 is 0 Å². The fraction of sp³-hybridized carbons (Fsp3) is 0.214. The maximum atomic E-state index is 6.08. The van der Waals surface area contributed by atoms with Gasteiger partial charge in [-0.05, 0) is 42.6 Å². The van der Waals surface area contributed by atoms with E-state index in [0.717, 1.165) is 38.6 Å². The molecular weight excluding hydrogens is 433 g/mol. The molecule has 112 valence electrons. The summed E-state index contributed by atoms with van der Waals surface area (Å²) in [6.07, 6.45) is 4.14. The molecule has 1 saturated carbocycles. The zero-order chi connectivity index (χ0) is 15.3. The number of hydrogen-bond donors (Lipinski definition) is 1. The molecule has 0 bridgehead atoms. The van der Waals surface area contributed by atoms with Crippen molar-refractivity contribution in [2.75, 3.05) is 5.32 Å². The summed E-state index contributed by atoms with van der Waals surface area (Å²) in [4.78, 5) is 13.1. The predicted octanol–water partition coefficient (Wildman–Crippen LogP) is 5.08. The molecule has 0 aliphatic heterocycles. The second-order valence-corrected chi connectivity index (χ2v) is 7.35. The smallest absolute Gasteiger partial charge is 0.226 e. The lowest BCUT2D eigenvalue weighted by molar-refractivity contribution is 0.756. The molecule has 2 aromatic heterocycles. The average molecular weight is 444 g/mol. The maximum Gasteiger partial charge on any atom is 0.226 e. The number of fused-ring (bicyclic) bond motifs is 1. The third-order valence-electron chi connectivity index (χ3n) is 3.46. The van der Waals surface area contributed by atoms with Crippen LogP contribution in [0.25, 0.3) is 11.2 Å². The monoisotopic (exact) mass is 441 g/mol. The number of aromatic nitrogens is 4. The largest absolute Gasteiger partial charge is 0.338 e. The van der Waals surface area contributed by atoms with Crippen molar-refractivity contribution < 1.29 is 0 Å². The molecule has 1 N–H and O–H groups in total. The van der Waals surface area contributed by atoms with Crippen LogP contribution in [0.15, 0.2) is 33.5 Å². The Morgan fingerprint density at radius 1 is 1.14 bits per heavy atom. The Hall–Kier alpha value is -1.18. The molecule has 22 heavy (non-hydrogen) atoms. The molecule has 0 atom stereocenters. The first-order valence-electron chi connectivity index (χ1n) is 6.73. The van der Waals surface area contributed by atoms with Crippen LogP contribution in [0.1, 0.15) is 18.9 Å². The summed E-state index contributed by atoms with van der Waals surface area (Å²) in [5.74, 6) is 0.611. The van der Waals surface area contributed by atoms with Gasteiger partial charge in [-0.1, -0.05) is 31.9 Å². The van der Waals surface area contributed by atoms with Gasteiger partial charge in [-0.2, -0.15) is 9.97 Å².